The van der Waals surface area contributed by atoms with Crippen molar-refractivity contribution in [2.75, 3.05) is 46.4 Å². The van der Waals surface area contributed by atoms with Crippen molar-refractivity contribution in [3.8, 4) is 12.1 Å². The monoisotopic (exact) mass is 1280 g/mol. The zero-order valence-corrected chi connectivity index (χ0v) is 55.0. The minimum atomic E-state index is -0.973. The van der Waals surface area contributed by atoms with Crippen molar-refractivity contribution in [2.24, 2.45) is 11.8 Å². The summed E-state index contributed by atoms with van der Waals surface area (Å²) >= 11 is 0. The standard InChI is InChI=1S/C38H44N6O4.C37H42N6O4/c1-4-27(2)34(41-36(45)19-32-21-40-26-43(32)22-29-16-14-28(20-39)15-17-29)24-42(23-31-11-7-10-30-9-5-6-12-33(30)31)25-37(46)44-18-8-13-35(44)38(47)48-3;1-3-26(2)33(40-35(44)18-31-20-39-25-42(31)21-28-15-13-27(19-38)14-16-28)23-41(24-36(45)43-17-7-12-34(43)37(46)47)22-30-10-6-9-29-8-4-5-11-32(29)30/h5-7,9-12,14-17,21,26-27,34-35H,4,8,13,18-19,22-25H2,1-3H3,(H,41,45);4-6,8-11,13-16,20,25-26,33-34H,3,7,12,17-18,21-24H2,1-2H3,(H,40,44)(H,46,47)/t27-,34+,35+;26-,33+,34+/m00/s1. The highest BCUT2D eigenvalue weighted by Gasteiger charge is 2.37. The van der Waals surface area contributed by atoms with E-state index in [1.807, 2.05) is 74.7 Å². The van der Waals surface area contributed by atoms with Crippen LogP contribution in [-0.2, 0) is 72.5 Å². The fourth-order valence-electron chi connectivity index (χ4n) is 12.8. The number of fused-ring (bicyclic) bond motifs is 2. The van der Waals surface area contributed by atoms with Gasteiger partial charge in [-0.3, -0.25) is 29.0 Å². The van der Waals surface area contributed by atoms with E-state index in [1.54, 1.807) is 54.2 Å². The highest BCUT2D eigenvalue weighted by molar-refractivity contribution is 5.89. The summed E-state index contributed by atoms with van der Waals surface area (Å²) in [6.45, 7) is 12.4. The molecule has 10 rings (SSSR count). The van der Waals surface area contributed by atoms with Gasteiger partial charge in [-0.25, -0.2) is 19.6 Å². The largest absolute Gasteiger partial charge is 0.480 e. The van der Waals surface area contributed by atoms with Gasteiger partial charge < -0.3 is 39.4 Å². The number of nitrogens with one attached hydrogen (secondary N) is 2. The van der Waals surface area contributed by atoms with Gasteiger partial charge in [-0.15, -0.1) is 0 Å². The zero-order valence-electron chi connectivity index (χ0n) is 55.0. The van der Waals surface area contributed by atoms with Crippen LogP contribution < -0.4 is 10.6 Å². The maximum Gasteiger partial charge on any atom is 0.328 e. The van der Waals surface area contributed by atoms with Crippen molar-refractivity contribution in [1.29, 1.82) is 10.5 Å². The average Bonchev–Trinajstić information content (AvgIpc) is 1.78. The molecule has 3 N–H and O–H groups in total. The molecule has 0 radical (unpaired) electrons. The van der Waals surface area contributed by atoms with Gasteiger partial charge in [0.1, 0.15) is 12.1 Å². The van der Waals surface area contributed by atoms with E-state index in [0.717, 1.165) is 74.4 Å². The van der Waals surface area contributed by atoms with Crippen molar-refractivity contribution < 1.29 is 38.6 Å². The second kappa shape index (κ2) is 33.7. The SMILES string of the molecule is CC[C@H](C)[C@@H](CN(CC(=O)N1CCC[C@@H]1C(=O)O)Cc1cccc2ccccc12)NC(=O)Cc1cncn1Cc1ccc(C#N)cc1.CC[C@H](C)[C@@H](CN(CC(=O)N1CCC[C@@H]1C(=O)OC)Cc1cccc2ccccc12)NC(=O)Cc1cncn1Cc1ccc(C#N)cc1. The third-order valence-corrected chi connectivity index (χ3v) is 18.6. The van der Waals surface area contributed by atoms with Crippen molar-refractivity contribution in [3.63, 3.8) is 0 Å². The summed E-state index contributed by atoms with van der Waals surface area (Å²) < 4.78 is 8.87. The van der Waals surface area contributed by atoms with Crippen LogP contribution in [0.25, 0.3) is 21.5 Å². The number of aliphatic carboxylic acids is 1. The number of amides is 4. The molecule has 4 heterocycles. The Morgan fingerprint density at radius 2 is 1.00 bits per heavy atom. The fourth-order valence-corrected chi connectivity index (χ4v) is 12.8. The molecule has 0 saturated carbocycles. The van der Waals surface area contributed by atoms with E-state index in [9.17, 15) is 33.9 Å². The molecule has 2 aromatic heterocycles. The predicted molar refractivity (Wildman–Crippen MR) is 363 cm³/mol. The minimum Gasteiger partial charge on any atom is -0.480 e. The first-order valence-corrected chi connectivity index (χ1v) is 32.9. The van der Waals surface area contributed by atoms with Crippen molar-refractivity contribution in [1.82, 2.24) is 49.3 Å². The molecule has 4 amide bonds. The van der Waals surface area contributed by atoms with E-state index in [1.165, 1.54) is 12.0 Å². The number of benzene rings is 6. The maximum absolute atomic E-state index is 13.8. The molecule has 8 aromatic rings. The molecule has 20 heteroatoms. The van der Waals surface area contributed by atoms with Crippen LogP contribution in [-0.4, -0.2) is 150 Å². The van der Waals surface area contributed by atoms with Crippen LogP contribution in [0, 0.1) is 34.5 Å². The van der Waals surface area contributed by atoms with Gasteiger partial charge in [0.2, 0.25) is 23.6 Å². The molecule has 2 fully saturated rings. The van der Waals surface area contributed by atoms with Crippen molar-refractivity contribution in [2.45, 2.75) is 129 Å². The lowest BCUT2D eigenvalue weighted by molar-refractivity contribution is -0.151. The molecular weight excluding hydrogens is 1200 g/mol. The molecule has 0 unspecified atom stereocenters. The average molecular weight is 1280 g/mol. The molecule has 0 aliphatic carbocycles. The Morgan fingerprint density at radius 3 is 1.41 bits per heavy atom. The minimum absolute atomic E-state index is 0.0488. The van der Waals surface area contributed by atoms with Crippen LogP contribution in [0.1, 0.15) is 111 Å². The number of nitrogens with zero attached hydrogens (tertiary/aromatic N) is 10. The lowest BCUT2D eigenvalue weighted by Crippen LogP contribution is -2.51. The van der Waals surface area contributed by atoms with Crippen molar-refractivity contribution >= 4 is 57.1 Å². The molecule has 494 valence electrons. The summed E-state index contributed by atoms with van der Waals surface area (Å²) in [5, 5.41) is 38.9. The van der Waals surface area contributed by atoms with Gasteiger partial charge in [-0.1, -0.05) is 150 Å². The number of likely N-dealkylation sites (tertiary alicyclic amines) is 2. The van der Waals surface area contributed by atoms with Gasteiger partial charge >= 0.3 is 11.9 Å². The molecule has 6 aromatic carbocycles. The van der Waals surface area contributed by atoms with Gasteiger partial charge in [0, 0.05) is 88.2 Å². The number of hydrogen-bond acceptors (Lipinski definition) is 13. The third kappa shape index (κ3) is 18.6. The van der Waals surface area contributed by atoms with E-state index in [0.29, 0.717) is 82.7 Å². The first kappa shape index (κ1) is 69.3. The first-order chi connectivity index (χ1) is 46.0. The van der Waals surface area contributed by atoms with Crippen LogP contribution in [0.15, 0.2) is 159 Å². The number of imidazole rings is 2. The zero-order chi connectivity index (χ0) is 67.4. The Morgan fingerprint density at radius 1 is 0.589 bits per heavy atom. The topological polar surface area (TPSA) is 252 Å². The molecule has 0 bridgehead atoms. The second-order valence-electron chi connectivity index (χ2n) is 25.1. The number of nitriles is 2. The number of carboxylic acids is 1. The van der Waals surface area contributed by atoms with Gasteiger partial charge in [0.15, 0.2) is 0 Å². The summed E-state index contributed by atoms with van der Waals surface area (Å²) in [7, 11) is 1.36. The van der Waals surface area contributed by atoms with Crippen LogP contribution >= 0.6 is 0 Å². The van der Waals surface area contributed by atoms with Gasteiger partial charge in [0.25, 0.3) is 0 Å². The molecule has 0 spiro atoms. The first-order valence-electron chi connectivity index (χ1n) is 32.9. The number of aromatic nitrogens is 4. The Bertz CT molecular complexity index is 4010. The third-order valence-electron chi connectivity index (χ3n) is 18.6. The number of esters is 1. The molecule has 2 saturated heterocycles. The molecule has 2 aliphatic rings. The number of hydrogen-bond donors (Lipinski definition) is 3. The normalized spacial score (nSPS) is 15.7. The molecular formula is C75H86N12O8. The van der Waals surface area contributed by atoms with Gasteiger partial charge in [-0.05, 0) is 106 Å². The Labute approximate surface area is 556 Å². The number of carbonyl (C=O) groups is 6. The van der Waals surface area contributed by atoms with E-state index in [-0.39, 0.29) is 79.4 Å². The summed E-state index contributed by atoms with van der Waals surface area (Å²) in [4.78, 5) is 94.7. The Kier molecular flexibility index (Phi) is 24.6. The molecule has 95 heavy (non-hydrogen) atoms. The number of rotatable bonds is 28. The predicted octanol–water partition coefficient (Wildman–Crippen LogP) is 9.30. The molecule has 20 nitrogen and oxygen atoms in total. The van der Waals surface area contributed by atoms with E-state index >= 15 is 0 Å². The van der Waals surface area contributed by atoms with Crippen LogP contribution in [0.2, 0.25) is 0 Å². The van der Waals surface area contributed by atoms with Crippen molar-refractivity contribution in [3.05, 3.63) is 203 Å². The Balaban J connectivity index is 0.000000223. The summed E-state index contributed by atoms with van der Waals surface area (Å²) in [5.74, 6) is -1.70. The number of carboxylic acid groups (broad SMARTS) is 1. The van der Waals surface area contributed by atoms with Crippen LogP contribution in [0.5, 0.6) is 0 Å². The molecule has 6 atom stereocenters. The number of methoxy groups -OCH3 is 1. The lowest BCUT2D eigenvalue weighted by Gasteiger charge is -2.33. The number of carbonyl (C=O) groups excluding carboxylic acids is 5. The lowest BCUT2D eigenvalue weighted by atomic mass is 9.97. The summed E-state index contributed by atoms with van der Waals surface area (Å²) in [6, 6.07) is 45.8. The van der Waals surface area contributed by atoms with E-state index in [4.69, 9.17) is 15.3 Å². The highest BCUT2D eigenvalue weighted by Crippen LogP contribution is 2.26. The van der Waals surface area contributed by atoms with Crippen LogP contribution in [0.4, 0.5) is 0 Å². The van der Waals surface area contributed by atoms with Gasteiger partial charge in [0.05, 0.1) is 69.0 Å². The fraction of sp³-hybridized carbons (Fsp3) is 0.387. The summed E-state index contributed by atoms with van der Waals surface area (Å²) in [6.07, 6.45) is 11.2. The van der Waals surface area contributed by atoms with E-state index < -0.39 is 18.1 Å². The van der Waals surface area contributed by atoms with E-state index in [2.05, 4.69) is 114 Å². The Hall–Kier alpha value is -10.0. The molecule has 2 aliphatic heterocycles. The smallest absolute Gasteiger partial charge is 0.328 e. The number of ether oxygens (including phenoxy) is 1. The summed E-state index contributed by atoms with van der Waals surface area (Å²) in [5.41, 5.74) is 6.90. The second-order valence-corrected chi connectivity index (χ2v) is 25.1. The van der Waals surface area contributed by atoms with Crippen LogP contribution in [0.3, 0.4) is 0 Å². The highest BCUT2D eigenvalue weighted by atomic mass is 16.5. The maximum atomic E-state index is 13.8. The van der Waals surface area contributed by atoms with Gasteiger partial charge in [-0.2, -0.15) is 10.5 Å². The quantitative estimate of drug-likeness (QED) is 0.0387.